The second-order valence-electron chi connectivity index (χ2n) is 6.23. The van der Waals surface area contributed by atoms with E-state index in [1.165, 1.54) is 22.9 Å². The fourth-order valence-electron chi connectivity index (χ4n) is 2.99. The molecule has 2 N–H and O–H groups in total. The molecule has 3 aromatic rings. The summed E-state index contributed by atoms with van der Waals surface area (Å²) in [5.41, 5.74) is 5.17. The third-order valence-corrected chi connectivity index (χ3v) is 4.41. The van der Waals surface area contributed by atoms with E-state index in [9.17, 15) is 18.0 Å². The first-order valence-corrected chi connectivity index (χ1v) is 8.36. The van der Waals surface area contributed by atoms with E-state index in [1.54, 1.807) is 6.07 Å². The van der Waals surface area contributed by atoms with Gasteiger partial charge in [-0.2, -0.15) is 13.2 Å². The van der Waals surface area contributed by atoms with E-state index in [2.05, 4.69) is 15.0 Å². The number of rotatable bonds is 3. The second-order valence-corrected chi connectivity index (χ2v) is 6.23. The maximum atomic E-state index is 13.0. The van der Waals surface area contributed by atoms with E-state index in [-0.39, 0.29) is 12.4 Å². The zero-order chi connectivity index (χ0) is 19.9. The number of aromatic nitrogens is 4. The van der Waals surface area contributed by atoms with Gasteiger partial charge in [-0.05, 0) is 18.2 Å². The van der Waals surface area contributed by atoms with Crippen LogP contribution in [0, 0.1) is 0 Å². The molecule has 0 aromatic carbocycles. The van der Waals surface area contributed by atoms with Crippen LogP contribution >= 0.6 is 0 Å². The molecule has 0 spiro atoms. The van der Waals surface area contributed by atoms with Crippen molar-refractivity contribution in [3.63, 3.8) is 0 Å². The van der Waals surface area contributed by atoms with Crippen LogP contribution in [0.5, 0.6) is 0 Å². The summed E-state index contributed by atoms with van der Waals surface area (Å²) >= 11 is 0. The molecule has 1 atom stereocenters. The Morgan fingerprint density at radius 2 is 2.07 bits per heavy atom. The lowest BCUT2D eigenvalue weighted by Crippen LogP contribution is -2.48. The number of nitrogens with two attached hydrogens (primary N) is 1. The van der Waals surface area contributed by atoms with Crippen LogP contribution in [0.2, 0.25) is 0 Å². The van der Waals surface area contributed by atoms with E-state index >= 15 is 0 Å². The third kappa shape index (κ3) is 3.36. The standard InChI is InChI=1S/C17H15F3N6O2/c18-17(19,20)10-1-2-13-23-7-11(26(13)8-10)16-22-4-3-14(24-16)25-5-6-28-12(9-25)15(21)27/h1-4,7-8,12H,5-6,9H2,(H2,21,27). The van der Waals surface area contributed by atoms with Gasteiger partial charge in [0.25, 0.3) is 0 Å². The molecule has 4 rings (SSSR count). The molecule has 1 aliphatic heterocycles. The van der Waals surface area contributed by atoms with Crippen molar-refractivity contribution in [1.82, 2.24) is 19.4 Å². The maximum Gasteiger partial charge on any atom is 0.417 e. The highest BCUT2D eigenvalue weighted by Gasteiger charge is 2.31. The topological polar surface area (TPSA) is 98.6 Å². The lowest BCUT2D eigenvalue weighted by atomic mass is 10.2. The number of carbonyl (C=O) groups excluding carboxylic acids is 1. The van der Waals surface area contributed by atoms with Crippen molar-refractivity contribution in [3.05, 3.63) is 42.4 Å². The summed E-state index contributed by atoms with van der Waals surface area (Å²) in [6.45, 7) is 1.03. The number of primary amides is 1. The Labute approximate surface area is 156 Å². The third-order valence-electron chi connectivity index (χ3n) is 4.41. The van der Waals surface area contributed by atoms with E-state index in [4.69, 9.17) is 10.5 Å². The van der Waals surface area contributed by atoms with Crippen LogP contribution in [0.3, 0.4) is 0 Å². The Balaban J connectivity index is 1.71. The second kappa shape index (κ2) is 6.75. The number of amides is 1. The Morgan fingerprint density at radius 3 is 2.82 bits per heavy atom. The number of hydrogen-bond acceptors (Lipinski definition) is 6. The fourth-order valence-corrected chi connectivity index (χ4v) is 2.99. The van der Waals surface area contributed by atoms with Crippen molar-refractivity contribution in [2.24, 2.45) is 5.73 Å². The normalized spacial score (nSPS) is 17.8. The number of fused-ring (bicyclic) bond motifs is 1. The van der Waals surface area contributed by atoms with Crippen LogP contribution in [-0.2, 0) is 15.7 Å². The smallest absolute Gasteiger partial charge is 0.367 e. The van der Waals surface area contributed by atoms with Crippen molar-refractivity contribution in [2.45, 2.75) is 12.3 Å². The molecule has 11 heteroatoms. The minimum Gasteiger partial charge on any atom is -0.367 e. The first kappa shape index (κ1) is 18.2. The molecule has 0 bridgehead atoms. The molecule has 146 valence electrons. The number of anilines is 1. The first-order valence-electron chi connectivity index (χ1n) is 8.36. The summed E-state index contributed by atoms with van der Waals surface area (Å²) in [4.78, 5) is 25.9. The SMILES string of the molecule is NC(=O)C1CN(c2ccnc(-c3cnc4ccc(C(F)(F)F)cn34)n2)CCO1. The zero-order valence-corrected chi connectivity index (χ0v) is 14.4. The summed E-state index contributed by atoms with van der Waals surface area (Å²) in [6.07, 6.45) is -1.35. The van der Waals surface area contributed by atoms with Crippen molar-refractivity contribution in [1.29, 1.82) is 0 Å². The Hall–Kier alpha value is -3.21. The van der Waals surface area contributed by atoms with Crippen molar-refractivity contribution < 1.29 is 22.7 Å². The highest BCUT2D eigenvalue weighted by atomic mass is 19.4. The molecule has 1 fully saturated rings. The largest absolute Gasteiger partial charge is 0.417 e. The number of alkyl halides is 3. The van der Waals surface area contributed by atoms with Crippen LogP contribution in [0.1, 0.15) is 5.56 Å². The summed E-state index contributed by atoms with van der Waals surface area (Å²) in [7, 11) is 0. The van der Waals surface area contributed by atoms with Crippen LogP contribution in [0.25, 0.3) is 17.2 Å². The van der Waals surface area contributed by atoms with Gasteiger partial charge >= 0.3 is 6.18 Å². The quantitative estimate of drug-likeness (QED) is 0.725. The van der Waals surface area contributed by atoms with E-state index in [0.29, 0.717) is 30.3 Å². The summed E-state index contributed by atoms with van der Waals surface area (Å²) < 4.78 is 45.7. The summed E-state index contributed by atoms with van der Waals surface area (Å²) in [5, 5.41) is 0. The minimum atomic E-state index is -4.48. The summed E-state index contributed by atoms with van der Waals surface area (Å²) in [5.74, 6) is 0.161. The number of nitrogens with zero attached hydrogens (tertiary/aromatic N) is 5. The highest BCUT2D eigenvalue weighted by molar-refractivity contribution is 5.79. The Bertz CT molecular complexity index is 1040. The van der Waals surface area contributed by atoms with Gasteiger partial charge in [-0.25, -0.2) is 15.0 Å². The van der Waals surface area contributed by atoms with E-state index in [0.717, 1.165) is 12.3 Å². The van der Waals surface area contributed by atoms with Crippen LogP contribution < -0.4 is 10.6 Å². The predicted octanol–water partition coefficient (Wildman–Crippen LogP) is 1.50. The molecule has 4 heterocycles. The van der Waals surface area contributed by atoms with Crippen LogP contribution in [0.15, 0.2) is 36.8 Å². The minimum absolute atomic E-state index is 0.214. The van der Waals surface area contributed by atoms with Gasteiger partial charge in [-0.3, -0.25) is 9.20 Å². The highest BCUT2D eigenvalue weighted by Crippen LogP contribution is 2.30. The monoisotopic (exact) mass is 392 g/mol. The van der Waals surface area contributed by atoms with Crippen LogP contribution in [0.4, 0.5) is 19.0 Å². The predicted molar refractivity (Wildman–Crippen MR) is 92.4 cm³/mol. The molecule has 28 heavy (non-hydrogen) atoms. The Morgan fingerprint density at radius 1 is 1.25 bits per heavy atom. The Kier molecular flexibility index (Phi) is 4.38. The number of ether oxygens (including phenoxy) is 1. The molecule has 0 radical (unpaired) electrons. The van der Waals surface area contributed by atoms with E-state index < -0.39 is 23.8 Å². The van der Waals surface area contributed by atoms with E-state index in [1.807, 2.05) is 4.90 Å². The molecule has 1 unspecified atom stereocenters. The van der Waals surface area contributed by atoms with Gasteiger partial charge < -0.3 is 15.4 Å². The number of hydrogen-bond donors (Lipinski definition) is 1. The maximum absolute atomic E-state index is 13.0. The molecular formula is C17H15F3N6O2. The van der Waals surface area contributed by atoms with Gasteiger partial charge in [0.15, 0.2) is 11.9 Å². The van der Waals surface area contributed by atoms with Crippen molar-refractivity contribution in [2.75, 3.05) is 24.6 Å². The first-order chi connectivity index (χ1) is 13.3. The van der Waals surface area contributed by atoms with Gasteiger partial charge in [-0.1, -0.05) is 0 Å². The number of carbonyl (C=O) groups is 1. The van der Waals surface area contributed by atoms with Gasteiger partial charge in [0.05, 0.1) is 24.9 Å². The van der Waals surface area contributed by atoms with Crippen LogP contribution in [-0.4, -0.2) is 51.1 Å². The van der Waals surface area contributed by atoms with Gasteiger partial charge in [-0.15, -0.1) is 0 Å². The van der Waals surface area contributed by atoms with Crippen molar-refractivity contribution >= 4 is 17.4 Å². The van der Waals surface area contributed by atoms with Gasteiger partial charge in [0.1, 0.15) is 17.2 Å². The van der Waals surface area contributed by atoms with Crippen molar-refractivity contribution in [3.8, 4) is 11.5 Å². The molecule has 1 amide bonds. The number of pyridine rings is 1. The molecule has 1 aliphatic rings. The van der Waals surface area contributed by atoms with Gasteiger partial charge in [0.2, 0.25) is 5.91 Å². The average molecular weight is 392 g/mol. The molecule has 3 aromatic heterocycles. The lowest BCUT2D eigenvalue weighted by molar-refractivity contribution is -0.137. The molecule has 0 aliphatic carbocycles. The molecule has 0 saturated carbocycles. The fraction of sp³-hybridized carbons (Fsp3) is 0.294. The number of morpholine rings is 1. The summed E-state index contributed by atoms with van der Waals surface area (Å²) in [6, 6.07) is 3.91. The zero-order valence-electron chi connectivity index (χ0n) is 14.4. The molecular weight excluding hydrogens is 377 g/mol. The molecule has 8 nitrogen and oxygen atoms in total. The number of imidazole rings is 1. The number of halogens is 3. The molecule has 1 saturated heterocycles. The average Bonchev–Trinajstić information content (AvgIpc) is 3.11. The lowest BCUT2D eigenvalue weighted by Gasteiger charge is -2.32. The van der Waals surface area contributed by atoms with Gasteiger partial charge in [0, 0.05) is 18.9 Å².